The molecule has 2 atom stereocenters. The fourth-order valence-electron chi connectivity index (χ4n) is 4.89. The third kappa shape index (κ3) is 4.63. The quantitative estimate of drug-likeness (QED) is 0.777. The number of rotatable bonds is 4. The molecule has 1 N–H and O–H groups in total. The highest BCUT2D eigenvalue weighted by molar-refractivity contribution is 5.89. The average Bonchev–Trinajstić information content (AvgIpc) is 3.15. The molecule has 2 aliphatic carbocycles. The van der Waals surface area contributed by atoms with Crippen LogP contribution in [-0.4, -0.2) is 66.4 Å². The Labute approximate surface area is 170 Å². The molecule has 2 heterocycles. The molecule has 29 heavy (non-hydrogen) atoms. The van der Waals surface area contributed by atoms with Gasteiger partial charge < -0.3 is 15.1 Å². The number of amides is 1. The summed E-state index contributed by atoms with van der Waals surface area (Å²) in [6, 6.07) is 0.347. The lowest BCUT2D eigenvalue weighted by atomic mass is 9.84. The van der Waals surface area contributed by atoms with Crippen molar-refractivity contribution in [2.45, 2.75) is 51.2 Å². The number of nitrogens with zero attached hydrogens (tertiary/aromatic N) is 3. The minimum Gasteiger partial charge on any atom is -0.386 e. The molecule has 2 fully saturated rings. The summed E-state index contributed by atoms with van der Waals surface area (Å²) >= 11 is 0. The SMILES string of the molecule is CC(=O)NC1CCC(CCN2CCN(C3=NOC4C=CC(F)=C(F)C34)CC2)CC1. The van der Waals surface area contributed by atoms with E-state index >= 15 is 0 Å². The first-order valence-corrected chi connectivity index (χ1v) is 10.7. The van der Waals surface area contributed by atoms with Crippen molar-refractivity contribution in [2.75, 3.05) is 32.7 Å². The molecule has 6 nitrogen and oxygen atoms in total. The van der Waals surface area contributed by atoms with Gasteiger partial charge in [-0.3, -0.25) is 9.69 Å². The fourth-order valence-corrected chi connectivity index (χ4v) is 4.89. The van der Waals surface area contributed by atoms with Crippen LogP contribution >= 0.6 is 0 Å². The molecule has 2 unspecified atom stereocenters. The van der Waals surface area contributed by atoms with E-state index in [2.05, 4.69) is 15.4 Å². The van der Waals surface area contributed by atoms with E-state index in [4.69, 9.17) is 4.84 Å². The maximum atomic E-state index is 14.3. The van der Waals surface area contributed by atoms with Crippen LogP contribution < -0.4 is 5.32 Å². The van der Waals surface area contributed by atoms with Crippen LogP contribution in [0, 0.1) is 11.8 Å². The van der Waals surface area contributed by atoms with Crippen molar-refractivity contribution in [1.29, 1.82) is 0 Å². The lowest BCUT2D eigenvalue weighted by Gasteiger charge is -2.37. The van der Waals surface area contributed by atoms with Gasteiger partial charge in [0, 0.05) is 39.1 Å². The highest BCUT2D eigenvalue weighted by Gasteiger charge is 2.43. The lowest BCUT2D eigenvalue weighted by Crippen LogP contribution is -2.51. The van der Waals surface area contributed by atoms with Crippen LogP contribution in [0.25, 0.3) is 0 Å². The molecule has 4 aliphatic rings. The zero-order valence-electron chi connectivity index (χ0n) is 16.9. The first-order chi connectivity index (χ1) is 14.0. The number of carbonyl (C=O) groups is 1. The van der Waals surface area contributed by atoms with E-state index in [-0.39, 0.29) is 5.91 Å². The molecular weight excluding hydrogens is 378 g/mol. The van der Waals surface area contributed by atoms with Crippen LogP contribution in [0.2, 0.25) is 0 Å². The number of allylic oxidation sites excluding steroid dienone is 2. The number of nitrogens with one attached hydrogen (secondary N) is 1. The summed E-state index contributed by atoms with van der Waals surface area (Å²) in [7, 11) is 0. The Balaban J connectivity index is 1.20. The van der Waals surface area contributed by atoms with Crippen molar-refractivity contribution < 1.29 is 18.4 Å². The number of halogens is 2. The minimum atomic E-state index is -0.823. The zero-order chi connectivity index (χ0) is 20.4. The monoisotopic (exact) mass is 408 g/mol. The van der Waals surface area contributed by atoms with Gasteiger partial charge in [-0.25, -0.2) is 8.78 Å². The van der Waals surface area contributed by atoms with E-state index in [1.807, 2.05) is 4.90 Å². The van der Waals surface area contributed by atoms with E-state index in [9.17, 15) is 13.6 Å². The molecule has 4 rings (SSSR count). The molecule has 1 amide bonds. The molecule has 0 aromatic carbocycles. The smallest absolute Gasteiger partial charge is 0.217 e. The second-order valence-corrected chi connectivity index (χ2v) is 8.59. The number of carbonyl (C=O) groups excluding carboxylic acids is 1. The molecule has 8 heteroatoms. The van der Waals surface area contributed by atoms with Crippen molar-refractivity contribution >= 4 is 11.7 Å². The van der Waals surface area contributed by atoms with E-state index in [1.54, 1.807) is 6.92 Å². The van der Waals surface area contributed by atoms with Gasteiger partial charge in [-0.15, -0.1) is 0 Å². The zero-order valence-corrected chi connectivity index (χ0v) is 16.9. The number of hydrogen-bond acceptors (Lipinski definition) is 5. The minimum absolute atomic E-state index is 0.0669. The highest BCUT2D eigenvalue weighted by Crippen LogP contribution is 2.35. The highest BCUT2D eigenvalue weighted by atomic mass is 19.2. The standard InChI is InChI=1S/C21H30F2N4O2/c1-14(28)24-16-4-2-15(3-5-16)8-9-26-10-12-27(13-11-26)21-19-18(29-25-21)7-6-17(22)20(19)23/h6-7,15-16,18-19H,2-5,8-13H2,1H3,(H,24,28). The van der Waals surface area contributed by atoms with Gasteiger partial charge >= 0.3 is 0 Å². The number of piperazine rings is 1. The van der Waals surface area contributed by atoms with E-state index in [0.717, 1.165) is 57.6 Å². The molecule has 0 aromatic rings. The second-order valence-electron chi connectivity index (χ2n) is 8.59. The van der Waals surface area contributed by atoms with Gasteiger partial charge in [-0.2, -0.15) is 0 Å². The largest absolute Gasteiger partial charge is 0.386 e. The first-order valence-electron chi connectivity index (χ1n) is 10.7. The third-order valence-electron chi connectivity index (χ3n) is 6.61. The van der Waals surface area contributed by atoms with Crippen LogP contribution in [0.4, 0.5) is 8.78 Å². The summed E-state index contributed by atoms with van der Waals surface area (Å²) in [5, 5.41) is 7.09. The van der Waals surface area contributed by atoms with Gasteiger partial charge in [-0.1, -0.05) is 5.16 Å². The van der Waals surface area contributed by atoms with Crippen LogP contribution in [0.5, 0.6) is 0 Å². The van der Waals surface area contributed by atoms with Crippen LogP contribution in [0.3, 0.4) is 0 Å². The summed E-state index contributed by atoms with van der Waals surface area (Å²) in [6.07, 6.45) is 7.80. The van der Waals surface area contributed by atoms with Gasteiger partial charge in [0.1, 0.15) is 5.92 Å². The van der Waals surface area contributed by atoms with Gasteiger partial charge in [-0.05, 0) is 56.7 Å². The van der Waals surface area contributed by atoms with Crippen LogP contribution in [0.1, 0.15) is 39.0 Å². The molecule has 1 saturated carbocycles. The predicted molar refractivity (Wildman–Crippen MR) is 106 cm³/mol. The Hall–Kier alpha value is -1.96. The number of fused-ring (bicyclic) bond motifs is 1. The lowest BCUT2D eigenvalue weighted by molar-refractivity contribution is -0.119. The number of amidine groups is 1. The molecule has 0 radical (unpaired) electrons. The fraction of sp³-hybridized carbons (Fsp3) is 0.714. The molecule has 2 aliphatic heterocycles. The van der Waals surface area contributed by atoms with E-state index in [0.29, 0.717) is 11.9 Å². The molecule has 0 aromatic heterocycles. The van der Waals surface area contributed by atoms with Crippen molar-refractivity contribution in [1.82, 2.24) is 15.1 Å². The van der Waals surface area contributed by atoms with Crippen LogP contribution in [0.15, 0.2) is 29.0 Å². The molecule has 160 valence electrons. The van der Waals surface area contributed by atoms with Crippen molar-refractivity contribution in [3.05, 3.63) is 23.8 Å². The van der Waals surface area contributed by atoms with E-state index < -0.39 is 23.7 Å². The van der Waals surface area contributed by atoms with Crippen molar-refractivity contribution in [3.63, 3.8) is 0 Å². The number of oxime groups is 1. The van der Waals surface area contributed by atoms with Gasteiger partial charge in [0.15, 0.2) is 23.6 Å². The van der Waals surface area contributed by atoms with Crippen molar-refractivity contribution in [2.24, 2.45) is 17.0 Å². The Morgan fingerprint density at radius 3 is 2.62 bits per heavy atom. The summed E-state index contributed by atoms with van der Waals surface area (Å²) < 4.78 is 27.9. The third-order valence-corrected chi connectivity index (χ3v) is 6.61. The van der Waals surface area contributed by atoms with E-state index in [1.165, 1.54) is 25.3 Å². The van der Waals surface area contributed by atoms with Gasteiger partial charge in [0.25, 0.3) is 0 Å². The Morgan fingerprint density at radius 2 is 1.93 bits per heavy atom. The molecule has 0 spiro atoms. The van der Waals surface area contributed by atoms with Gasteiger partial charge in [0.05, 0.1) is 0 Å². The summed E-state index contributed by atoms with van der Waals surface area (Å²) in [5.41, 5.74) is 0. The topological polar surface area (TPSA) is 57.2 Å². The maximum absolute atomic E-state index is 14.3. The second kappa shape index (κ2) is 8.81. The van der Waals surface area contributed by atoms with Crippen molar-refractivity contribution in [3.8, 4) is 0 Å². The van der Waals surface area contributed by atoms with Crippen LogP contribution in [-0.2, 0) is 9.63 Å². The molecular formula is C21H30F2N4O2. The Kier molecular flexibility index (Phi) is 6.18. The molecule has 1 saturated heterocycles. The Morgan fingerprint density at radius 1 is 1.21 bits per heavy atom. The normalized spacial score (nSPS) is 32.7. The average molecular weight is 408 g/mol. The summed E-state index contributed by atoms with van der Waals surface area (Å²) in [4.78, 5) is 21.0. The summed E-state index contributed by atoms with van der Waals surface area (Å²) in [6.45, 7) is 5.92. The Bertz CT molecular complexity index is 707. The predicted octanol–water partition coefficient (Wildman–Crippen LogP) is 2.74. The number of hydrogen-bond donors (Lipinski definition) is 1. The maximum Gasteiger partial charge on any atom is 0.217 e. The first kappa shape index (κ1) is 20.3. The summed E-state index contributed by atoms with van der Waals surface area (Å²) in [5.74, 6) is -1.03. The van der Waals surface area contributed by atoms with Gasteiger partial charge in [0.2, 0.25) is 5.91 Å². The molecule has 0 bridgehead atoms.